The minimum absolute atomic E-state index is 0.0291. The molecule has 0 bridgehead atoms. The van der Waals surface area contributed by atoms with E-state index in [1.54, 1.807) is 30.3 Å². The molecule has 4 rings (SSSR count). The molecule has 2 aromatic rings. The van der Waals surface area contributed by atoms with Gasteiger partial charge in [-0.05, 0) is 48.9 Å². The van der Waals surface area contributed by atoms with Crippen LogP contribution in [0.3, 0.4) is 0 Å². The molecular formula is C20H19N3O4S. The number of hydrogen-bond acceptors (Lipinski definition) is 6. The molecule has 0 unspecified atom stereocenters. The Morgan fingerprint density at radius 1 is 1.14 bits per heavy atom. The molecule has 2 aliphatic rings. The lowest BCUT2D eigenvalue weighted by molar-refractivity contribution is -0.384. The summed E-state index contributed by atoms with van der Waals surface area (Å²) in [4.78, 5) is 27.8. The largest absolute Gasteiger partial charge is 0.457 e. The number of amides is 1. The number of nitrogens with zero attached hydrogens (tertiary/aromatic N) is 2. The van der Waals surface area contributed by atoms with Gasteiger partial charge in [-0.25, -0.2) is 0 Å². The third-order valence-corrected chi connectivity index (χ3v) is 5.71. The average Bonchev–Trinajstić information content (AvgIpc) is 3.30. The van der Waals surface area contributed by atoms with Crippen molar-refractivity contribution >= 4 is 34.6 Å². The Kier molecular flexibility index (Phi) is 5.29. The Bertz CT molecular complexity index is 956. The summed E-state index contributed by atoms with van der Waals surface area (Å²) in [5.41, 5.74) is 0.764. The Hall–Kier alpha value is -2.87. The zero-order valence-electron chi connectivity index (χ0n) is 15.1. The number of thioether (sulfide) groups is 1. The van der Waals surface area contributed by atoms with Gasteiger partial charge in [-0.3, -0.25) is 19.9 Å². The molecule has 1 aromatic carbocycles. The summed E-state index contributed by atoms with van der Waals surface area (Å²) in [6.07, 6.45) is 7.51. The lowest BCUT2D eigenvalue weighted by atomic mass is 9.96. The first-order valence-electron chi connectivity index (χ1n) is 9.22. The molecule has 0 radical (unpaired) electrons. The summed E-state index contributed by atoms with van der Waals surface area (Å²) in [6.45, 7) is 0. The molecule has 1 amide bonds. The van der Waals surface area contributed by atoms with Crippen LogP contribution in [0, 0.1) is 10.1 Å². The average molecular weight is 397 g/mol. The van der Waals surface area contributed by atoms with Crippen molar-refractivity contribution < 1.29 is 14.1 Å². The van der Waals surface area contributed by atoms with Crippen molar-refractivity contribution in [3.8, 4) is 11.3 Å². The van der Waals surface area contributed by atoms with Gasteiger partial charge in [-0.2, -0.15) is 0 Å². The second-order valence-corrected chi connectivity index (χ2v) is 7.83. The Balaban J connectivity index is 1.48. The fourth-order valence-electron chi connectivity index (χ4n) is 3.33. The predicted octanol–water partition coefficient (Wildman–Crippen LogP) is 4.75. The Morgan fingerprint density at radius 3 is 2.61 bits per heavy atom. The van der Waals surface area contributed by atoms with Crippen molar-refractivity contribution in [2.24, 2.45) is 4.99 Å². The number of amidine groups is 1. The molecule has 7 nitrogen and oxygen atoms in total. The quantitative estimate of drug-likeness (QED) is 0.456. The van der Waals surface area contributed by atoms with Crippen molar-refractivity contribution in [2.45, 2.75) is 38.1 Å². The number of nitrogens with one attached hydrogen (secondary N) is 1. The highest BCUT2D eigenvalue weighted by Gasteiger charge is 2.25. The molecule has 2 fully saturated rings. The first-order chi connectivity index (χ1) is 13.6. The van der Waals surface area contributed by atoms with Crippen LogP contribution in [-0.4, -0.2) is 22.0 Å². The first-order valence-corrected chi connectivity index (χ1v) is 10.0. The fourth-order valence-corrected chi connectivity index (χ4v) is 4.20. The number of nitro benzene ring substituents is 1. The predicted molar refractivity (Wildman–Crippen MR) is 109 cm³/mol. The number of non-ortho nitro benzene ring substituents is 1. The van der Waals surface area contributed by atoms with Gasteiger partial charge in [0.1, 0.15) is 11.5 Å². The van der Waals surface area contributed by atoms with Gasteiger partial charge in [0.2, 0.25) is 0 Å². The number of carbonyl (C=O) groups is 1. The number of aliphatic imine (C=N–C) groups is 1. The van der Waals surface area contributed by atoms with Gasteiger partial charge < -0.3 is 9.73 Å². The van der Waals surface area contributed by atoms with Crippen LogP contribution in [0.15, 0.2) is 50.7 Å². The van der Waals surface area contributed by atoms with Crippen LogP contribution in [0.2, 0.25) is 0 Å². The third-order valence-electron chi connectivity index (χ3n) is 4.79. The van der Waals surface area contributed by atoms with E-state index < -0.39 is 4.92 Å². The third kappa shape index (κ3) is 4.17. The SMILES string of the molecule is O=C1NC(=NC2CCCCC2)S/C1=C\c1ccc(-c2ccc([N+](=O)[O-])cc2)o1. The number of furan rings is 1. The van der Waals surface area contributed by atoms with E-state index in [2.05, 4.69) is 10.3 Å². The standard InChI is InChI=1S/C20H19N3O4S/c24-19-18(28-20(22-19)21-14-4-2-1-3-5-14)12-16-10-11-17(27-16)13-6-8-15(9-7-13)23(25)26/h6-12,14H,1-5H2,(H,21,22,24)/b18-12-. The molecule has 0 atom stereocenters. The van der Waals surface area contributed by atoms with Crippen LogP contribution >= 0.6 is 11.8 Å². The van der Waals surface area contributed by atoms with E-state index in [0.29, 0.717) is 27.6 Å². The molecule has 1 saturated carbocycles. The minimum Gasteiger partial charge on any atom is -0.457 e. The molecule has 1 N–H and O–H groups in total. The number of carbonyl (C=O) groups excluding carboxylic acids is 1. The van der Waals surface area contributed by atoms with Gasteiger partial charge in [0.05, 0.1) is 15.9 Å². The molecular weight excluding hydrogens is 378 g/mol. The van der Waals surface area contributed by atoms with E-state index >= 15 is 0 Å². The number of hydrogen-bond donors (Lipinski definition) is 1. The van der Waals surface area contributed by atoms with Gasteiger partial charge >= 0.3 is 0 Å². The van der Waals surface area contributed by atoms with E-state index in [4.69, 9.17) is 4.42 Å². The molecule has 1 saturated heterocycles. The highest BCUT2D eigenvalue weighted by Crippen LogP contribution is 2.30. The van der Waals surface area contributed by atoms with E-state index in [1.807, 2.05) is 0 Å². The molecule has 2 heterocycles. The van der Waals surface area contributed by atoms with Crippen LogP contribution < -0.4 is 5.32 Å². The Labute approximate surface area is 166 Å². The van der Waals surface area contributed by atoms with Gasteiger partial charge in [-0.1, -0.05) is 19.3 Å². The van der Waals surface area contributed by atoms with Crippen LogP contribution in [0.25, 0.3) is 17.4 Å². The highest BCUT2D eigenvalue weighted by molar-refractivity contribution is 8.18. The number of rotatable bonds is 4. The smallest absolute Gasteiger partial charge is 0.269 e. The van der Waals surface area contributed by atoms with E-state index in [-0.39, 0.29) is 11.6 Å². The summed E-state index contributed by atoms with van der Waals surface area (Å²) >= 11 is 1.33. The van der Waals surface area contributed by atoms with Crippen LogP contribution in [0.4, 0.5) is 5.69 Å². The molecule has 0 spiro atoms. The van der Waals surface area contributed by atoms with Crippen molar-refractivity contribution in [2.75, 3.05) is 0 Å². The fraction of sp³-hybridized carbons (Fsp3) is 0.300. The normalized spacial score (nSPS) is 20.6. The molecule has 28 heavy (non-hydrogen) atoms. The number of benzene rings is 1. The van der Waals surface area contributed by atoms with E-state index in [9.17, 15) is 14.9 Å². The number of nitro groups is 1. The first kappa shape index (κ1) is 18.5. The zero-order valence-corrected chi connectivity index (χ0v) is 15.9. The van der Waals surface area contributed by atoms with Crippen LogP contribution in [0.1, 0.15) is 37.9 Å². The summed E-state index contributed by atoms with van der Waals surface area (Å²) in [6, 6.07) is 10.00. The second-order valence-electron chi connectivity index (χ2n) is 6.80. The molecule has 1 aromatic heterocycles. The van der Waals surface area contributed by atoms with E-state index in [0.717, 1.165) is 18.4 Å². The highest BCUT2D eigenvalue weighted by atomic mass is 32.2. The maximum Gasteiger partial charge on any atom is 0.269 e. The van der Waals surface area contributed by atoms with Crippen molar-refractivity contribution in [1.29, 1.82) is 0 Å². The zero-order chi connectivity index (χ0) is 19.5. The lowest BCUT2D eigenvalue weighted by Crippen LogP contribution is -2.22. The molecule has 8 heteroatoms. The molecule has 1 aliphatic heterocycles. The minimum atomic E-state index is -0.440. The monoisotopic (exact) mass is 397 g/mol. The topological polar surface area (TPSA) is 97.7 Å². The molecule has 1 aliphatic carbocycles. The van der Waals surface area contributed by atoms with Crippen LogP contribution in [0.5, 0.6) is 0 Å². The van der Waals surface area contributed by atoms with Crippen molar-refractivity contribution in [3.63, 3.8) is 0 Å². The summed E-state index contributed by atoms with van der Waals surface area (Å²) in [7, 11) is 0. The van der Waals surface area contributed by atoms with Gasteiger partial charge in [-0.15, -0.1) is 0 Å². The summed E-state index contributed by atoms with van der Waals surface area (Å²) in [5, 5.41) is 14.2. The summed E-state index contributed by atoms with van der Waals surface area (Å²) < 4.78 is 5.79. The van der Waals surface area contributed by atoms with Gasteiger partial charge in [0, 0.05) is 23.8 Å². The van der Waals surface area contributed by atoms with Crippen molar-refractivity contribution in [3.05, 3.63) is 57.2 Å². The summed E-state index contributed by atoms with van der Waals surface area (Å²) in [5.74, 6) is 0.957. The Morgan fingerprint density at radius 2 is 1.89 bits per heavy atom. The van der Waals surface area contributed by atoms with E-state index in [1.165, 1.54) is 43.2 Å². The maximum absolute atomic E-state index is 12.2. The maximum atomic E-state index is 12.2. The second kappa shape index (κ2) is 8.02. The van der Waals surface area contributed by atoms with Gasteiger partial charge in [0.25, 0.3) is 11.6 Å². The lowest BCUT2D eigenvalue weighted by Gasteiger charge is -2.17. The molecule has 144 valence electrons. The van der Waals surface area contributed by atoms with Crippen LogP contribution in [-0.2, 0) is 4.79 Å². The van der Waals surface area contributed by atoms with Gasteiger partial charge in [0.15, 0.2) is 5.17 Å². The van der Waals surface area contributed by atoms with Crippen molar-refractivity contribution in [1.82, 2.24) is 5.32 Å².